The fourth-order valence-corrected chi connectivity index (χ4v) is 2.16. The molecule has 2 unspecified atom stereocenters. The highest BCUT2D eigenvalue weighted by Gasteiger charge is 2.13. The van der Waals surface area contributed by atoms with Crippen LogP contribution in [0.2, 0.25) is 5.15 Å². The molecule has 0 fully saturated rings. The van der Waals surface area contributed by atoms with Crippen LogP contribution in [-0.4, -0.2) is 33.2 Å². The van der Waals surface area contributed by atoms with Crippen molar-refractivity contribution in [1.29, 1.82) is 0 Å². The summed E-state index contributed by atoms with van der Waals surface area (Å²) in [6.07, 6.45) is 3.85. The smallest absolute Gasteiger partial charge is 0.254 e. The first kappa shape index (κ1) is 14.1. The monoisotopic (exact) mass is 274 g/mol. The van der Waals surface area contributed by atoms with Crippen LogP contribution in [0.1, 0.15) is 23.7 Å². The average Bonchev–Trinajstić information content (AvgIpc) is 2.26. The average molecular weight is 275 g/mol. The summed E-state index contributed by atoms with van der Waals surface area (Å²) in [7, 11) is -0.840. The molecule has 1 aromatic heterocycles. The Morgan fingerprint density at radius 3 is 2.94 bits per heavy atom. The number of aromatic nitrogens is 1. The van der Waals surface area contributed by atoms with Crippen LogP contribution in [0.5, 0.6) is 0 Å². The predicted molar refractivity (Wildman–Crippen MR) is 69.7 cm³/mol. The molecule has 0 bridgehead atoms. The van der Waals surface area contributed by atoms with E-state index in [0.717, 1.165) is 0 Å². The molecule has 0 aliphatic carbocycles. The SMILES string of the molecule is CC(CCS(C)=O)NC(=O)c1cccnc1Cl. The van der Waals surface area contributed by atoms with E-state index < -0.39 is 10.8 Å². The molecule has 0 aliphatic rings. The van der Waals surface area contributed by atoms with Gasteiger partial charge in [0.15, 0.2) is 0 Å². The number of hydrogen-bond donors (Lipinski definition) is 1. The highest BCUT2D eigenvalue weighted by atomic mass is 35.5. The highest BCUT2D eigenvalue weighted by molar-refractivity contribution is 7.84. The topological polar surface area (TPSA) is 59.1 Å². The van der Waals surface area contributed by atoms with Gasteiger partial charge in [-0.2, -0.15) is 0 Å². The van der Waals surface area contributed by atoms with E-state index in [1.807, 2.05) is 6.92 Å². The lowest BCUT2D eigenvalue weighted by Crippen LogP contribution is -2.33. The molecular weight excluding hydrogens is 260 g/mol. The molecule has 0 aromatic carbocycles. The van der Waals surface area contributed by atoms with Gasteiger partial charge in [-0.15, -0.1) is 0 Å². The van der Waals surface area contributed by atoms with Crippen molar-refractivity contribution in [3.05, 3.63) is 29.0 Å². The van der Waals surface area contributed by atoms with Crippen molar-refractivity contribution in [2.24, 2.45) is 0 Å². The Balaban J connectivity index is 2.55. The van der Waals surface area contributed by atoms with Gasteiger partial charge in [0.25, 0.3) is 5.91 Å². The van der Waals surface area contributed by atoms with Crippen LogP contribution in [0.3, 0.4) is 0 Å². The zero-order valence-electron chi connectivity index (χ0n) is 9.77. The Morgan fingerprint density at radius 1 is 1.65 bits per heavy atom. The lowest BCUT2D eigenvalue weighted by Gasteiger charge is -2.13. The van der Waals surface area contributed by atoms with Crippen LogP contribution in [0.4, 0.5) is 0 Å². The van der Waals surface area contributed by atoms with E-state index in [-0.39, 0.29) is 17.1 Å². The fraction of sp³-hybridized carbons (Fsp3) is 0.455. The van der Waals surface area contributed by atoms with Crippen molar-refractivity contribution < 1.29 is 9.00 Å². The van der Waals surface area contributed by atoms with E-state index in [0.29, 0.717) is 17.7 Å². The first-order valence-corrected chi connectivity index (χ1v) is 7.32. The van der Waals surface area contributed by atoms with Crippen molar-refractivity contribution in [3.8, 4) is 0 Å². The zero-order valence-corrected chi connectivity index (χ0v) is 11.3. The number of nitrogens with one attached hydrogen (secondary N) is 1. The van der Waals surface area contributed by atoms with Crippen LogP contribution in [0.25, 0.3) is 0 Å². The number of hydrogen-bond acceptors (Lipinski definition) is 3. The largest absolute Gasteiger partial charge is 0.349 e. The molecule has 0 aliphatic heterocycles. The normalized spacial score (nSPS) is 14.1. The summed E-state index contributed by atoms with van der Waals surface area (Å²) in [5, 5.41) is 2.99. The molecule has 1 amide bonds. The second kappa shape index (κ2) is 6.71. The number of amides is 1. The van der Waals surface area contributed by atoms with Gasteiger partial charge in [0.2, 0.25) is 0 Å². The van der Waals surface area contributed by atoms with E-state index in [1.54, 1.807) is 18.4 Å². The molecule has 1 aromatic rings. The molecule has 17 heavy (non-hydrogen) atoms. The summed E-state index contributed by atoms with van der Waals surface area (Å²) >= 11 is 5.81. The number of nitrogens with zero attached hydrogens (tertiary/aromatic N) is 1. The minimum atomic E-state index is -0.840. The van der Waals surface area contributed by atoms with Crippen molar-refractivity contribution in [2.45, 2.75) is 19.4 Å². The summed E-state index contributed by atoms with van der Waals surface area (Å²) in [5.74, 6) is 0.319. The summed E-state index contributed by atoms with van der Waals surface area (Å²) in [5.41, 5.74) is 0.360. The number of rotatable bonds is 5. The van der Waals surface area contributed by atoms with Gasteiger partial charge in [-0.05, 0) is 25.5 Å². The van der Waals surface area contributed by atoms with Crippen molar-refractivity contribution >= 4 is 28.3 Å². The maximum atomic E-state index is 11.8. The molecule has 1 heterocycles. The van der Waals surface area contributed by atoms with Gasteiger partial charge >= 0.3 is 0 Å². The molecule has 6 heteroatoms. The van der Waals surface area contributed by atoms with Gasteiger partial charge in [-0.25, -0.2) is 4.98 Å². The molecule has 94 valence electrons. The van der Waals surface area contributed by atoms with E-state index >= 15 is 0 Å². The molecule has 1 rings (SSSR count). The van der Waals surface area contributed by atoms with Crippen LogP contribution in [0, 0.1) is 0 Å². The number of halogens is 1. The molecule has 2 atom stereocenters. The first-order valence-electron chi connectivity index (χ1n) is 5.22. The second-order valence-electron chi connectivity index (χ2n) is 3.78. The third-order valence-corrected chi connectivity index (χ3v) is 3.33. The van der Waals surface area contributed by atoms with Gasteiger partial charge in [-0.3, -0.25) is 9.00 Å². The van der Waals surface area contributed by atoms with Crippen molar-refractivity contribution in [2.75, 3.05) is 12.0 Å². The number of carbonyl (C=O) groups is 1. The Labute approximate surface area is 108 Å². The Kier molecular flexibility index (Phi) is 5.58. The third-order valence-electron chi connectivity index (χ3n) is 2.22. The molecule has 0 radical (unpaired) electrons. The Bertz CT molecular complexity index is 426. The maximum absolute atomic E-state index is 11.8. The Hall–Kier alpha value is -0.940. The molecule has 0 saturated carbocycles. The van der Waals surface area contributed by atoms with Gasteiger partial charge in [0, 0.05) is 35.0 Å². The minimum Gasteiger partial charge on any atom is -0.349 e. The lowest BCUT2D eigenvalue weighted by molar-refractivity contribution is 0.0939. The van der Waals surface area contributed by atoms with Crippen LogP contribution >= 0.6 is 11.6 Å². The second-order valence-corrected chi connectivity index (χ2v) is 5.69. The van der Waals surface area contributed by atoms with E-state index in [9.17, 15) is 9.00 Å². The van der Waals surface area contributed by atoms with Crippen molar-refractivity contribution in [3.63, 3.8) is 0 Å². The summed E-state index contributed by atoms with van der Waals surface area (Å²) in [4.78, 5) is 15.6. The molecular formula is C11H15ClN2O2S. The summed E-state index contributed by atoms with van der Waals surface area (Å²) < 4.78 is 10.9. The van der Waals surface area contributed by atoms with Crippen molar-refractivity contribution in [1.82, 2.24) is 10.3 Å². The maximum Gasteiger partial charge on any atom is 0.254 e. The molecule has 0 saturated heterocycles. The molecule has 0 spiro atoms. The fourth-order valence-electron chi connectivity index (χ4n) is 1.27. The van der Waals surface area contributed by atoms with Crippen LogP contribution in [-0.2, 0) is 10.8 Å². The van der Waals surface area contributed by atoms with Gasteiger partial charge in [0.05, 0.1) is 5.56 Å². The Morgan fingerprint density at radius 2 is 2.35 bits per heavy atom. The predicted octanol–water partition coefficient (Wildman–Crippen LogP) is 1.62. The standard InChI is InChI=1S/C11H15ClN2O2S/c1-8(5-7-17(2)16)14-11(15)9-4-3-6-13-10(9)12/h3-4,6,8H,5,7H2,1-2H3,(H,14,15). The lowest BCUT2D eigenvalue weighted by atomic mass is 10.2. The van der Waals surface area contributed by atoms with Crippen LogP contribution < -0.4 is 5.32 Å². The van der Waals surface area contributed by atoms with Gasteiger partial charge in [-0.1, -0.05) is 11.6 Å². The first-order chi connectivity index (χ1) is 8.00. The van der Waals surface area contributed by atoms with E-state index in [4.69, 9.17) is 11.6 Å². The van der Waals surface area contributed by atoms with Gasteiger partial charge < -0.3 is 5.32 Å². The van der Waals surface area contributed by atoms with Crippen LogP contribution in [0.15, 0.2) is 18.3 Å². The summed E-state index contributed by atoms with van der Waals surface area (Å²) in [6.45, 7) is 1.87. The quantitative estimate of drug-likeness (QED) is 0.830. The molecule has 4 nitrogen and oxygen atoms in total. The zero-order chi connectivity index (χ0) is 12.8. The molecule has 1 N–H and O–H groups in total. The highest BCUT2D eigenvalue weighted by Crippen LogP contribution is 2.11. The van der Waals surface area contributed by atoms with E-state index in [2.05, 4.69) is 10.3 Å². The van der Waals surface area contributed by atoms with E-state index in [1.165, 1.54) is 6.20 Å². The number of carbonyl (C=O) groups excluding carboxylic acids is 1. The summed E-state index contributed by atoms with van der Waals surface area (Å²) in [6, 6.07) is 3.24. The van der Waals surface area contributed by atoms with Gasteiger partial charge in [0.1, 0.15) is 5.15 Å². The minimum absolute atomic E-state index is 0.0392. The third kappa shape index (κ3) is 4.83. The number of pyridine rings is 1.